The molecule has 1 atom stereocenters. The number of nitrogens with zero attached hydrogens (tertiary/aromatic N) is 1. The Balaban J connectivity index is 0.000000845. The number of rotatable bonds is 2. The minimum atomic E-state index is -0.559. The van der Waals surface area contributed by atoms with E-state index in [1.165, 1.54) is 4.90 Å². The average molecular weight is 344 g/mol. The Hall–Kier alpha value is -2.61. The zero-order valence-electron chi connectivity index (χ0n) is 15.8. The molecular weight excluding hydrogens is 316 g/mol. The van der Waals surface area contributed by atoms with E-state index in [0.717, 1.165) is 5.57 Å². The zero-order chi connectivity index (χ0) is 19.4. The molecule has 2 heterocycles. The average Bonchev–Trinajstić information content (AvgIpc) is 2.93. The van der Waals surface area contributed by atoms with Gasteiger partial charge in [-0.1, -0.05) is 32.6 Å². The number of likely N-dealkylation sites (tertiary alicyclic amines) is 1. The number of nitrogens with one attached hydrogen (secondary N) is 1. The summed E-state index contributed by atoms with van der Waals surface area (Å²) in [4.78, 5) is 36.8. The lowest BCUT2D eigenvalue weighted by Gasteiger charge is -2.28. The summed E-state index contributed by atoms with van der Waals surface area (Å²) in [6.45, 7) is 13.5. The first-order valence-electron chi connectivity index (χ1n) is 8.46. The monoisotopic (exact) mass is 344 g/mol. The van der Waals surface area contributed by atoms with Crippen molar-refractivity contribution in [1.29, 1.82) is 0 Å². The van der Waals surface area contributed by atoms with Crippen LogP contribution in [-0.4, -0.2) is 35.2 Å². The molecule has 2 aliphatic rings. The molecule has 0 saturated carbocycles. The lowest BCUT2D eigenvalue weighted by Crippen LogP contribution is -2.52. The van der Waals surface area contributed by atoms with Crippen molar-refractivity contribution >= 4 is 17.7 Å². The molecular formula is C20H28N2O3. The van der Waals surface area contributed by atoms with Crippen molar-refractivity contribution in [3.05, 3.63) is 36.0 Å². The van der Waals surface area contributed by atoms with Gasteiger partial charge in [-0.05, 0) is 38.8 Å². The smallest absolute Gasteiger partial charge is 0.255 e. The number of hydrogen-bond acceptors (Lipinski definition) is 3. The van der Waals surface area contributed by atoms with Crippen molar-refractivity contribution in [1.82, 2.24) is 10.2 Å². The van der Waals surface area contributed by atoms with Gasteiger partial charge in [0.25, 0.3) is 5.91 Å². The van der Waals surface area contributed by atoms with Crippen LogP contribution in [0.1, 0.15) is 47.5 Å². The van der Waals surface area contributed by atoms with E-state index in [0.29, 0.717) is 18.5 Å². The minimum absolute atomic E-state index is 0.178. The maximum absolute atomic E-state index is 12.3. The van der Waals surface area contributed by atoms with Crippen LogP contribution in [-0.2, 0) is 14.4 Å². The summed E-state index contributed by atoms with van der Waals surface area (Å²) in [7, 11) is 0. The van der Waals surface area contributed by atoms with E-state index in [4.69, 9.17) is 0 Å². The second-order valence-electron chi connectivity index (χ2n) is 5.03. The summed E-state index contributed by atoms with van der Waals surface area (Å²) in [5.41, 5.74) is 1.46. The Labute approximate surface area is 150 Å². The van der Waals surface area contributed by atoms with E-state index in [-0.39, 0.29) is 24.1 Å². The third kappa shape index (κ3) is 6.07. The van der Waals surface area contributed by atoms with Gasteiger partial charge in [0.15, 0.2) is 0 Å². The van der Waals surface area contributed by atoms with E-state index in [1.54, 1.807) is 12.2 Å². The van der Waals surface area contributed by atoms with Crippen LogP contribution >= 0.6 is 0 Å². The standard InChI is InChI=1S/C14H16N2O3.C4H6.C2H6/c1-3-5-10-9(4-2)8-16(14(10)19)11-6-7-12(17)15-13(11)18;1-3-4-2;1-2/h3-5,11H,1,6-8H2,2H3,(H,15,17,18);1-2H3;1-2H3/b9-4-,10-5+;;. The van der Waals surface area contributed by atoms with Gasteiger partial charge in [-0.2, -0.15) is 0 Å². The van der Waals surface area contributed by atoms with E-state index < -0.39 is 6.04 Å². The van der Waals surface area contributed by atoms with Gasteiger partial charge in [-0.15, -0.1) is 11.8 Å². The highest BCUT2D eigenvalue weighted by molar-refractivity contribution is 6.06. The second kappa shape index (κ2) is 11.9. The van der Waals surface area contributed by atoms with Crippen molar-refractivity contribution in [3.63, 3.8) is 0 Å². The molecule has 0 aromatic rings. The first-order chi connectivity index (χ1) is 12.0. The SMILES string of the molecule is C=C/C=C1/C(=O)N(C2CCC(=O)NC2=O)C/C1=C/C.CC.CC#CC. The fraction of sp³-hybridized carbons (Fsp3) is 0.450. The Morgan fingerprint density at radius 1 is 1.20 bits per heavy atom. The molecule has 2 aliphatic heterocycles. The highest BCUT2D eigenvalue weighted by Crippen LogP contribution is 2.27. The molecule has 0 spiro atoms. The number of allylic oxidation sites excluding steroid dienone is 3. The first kappa shape index (κ1) is 22.4. The minimum Gasteiger partial charge on any atom is -0.322 e. The van der Waals surface area contributed by atoms with Crippen LogP contribution in [0.2, 0.25) is 0 Å². The predicted molar refractivity (Wildman–Crippen MR) is 100 cm³/mol. The summed E-state index contributed by atoms with van der Waals surface area (Å²) in [5, 5.41) is 2.28. The van der Waals surface area contributed by atoms with E-state index in [2.05, 4.69) is 23.7 Å². The molecule has 2 rings (SSSR count). The topological polar surface area (TPSA) is 66.5 Å². The third-order valence-corrected chi connectivity index (χ3v) is 3.65. The van der Waals surface area contributed by atoms with Crippen molar-refractivity contribution in [2.24, 2.45) is 0 Å². The molecule has 0 aromatic carbocycles. The molecule has 0 aliphatic carbocycles. The maximum Gasteiger partial charge on any atom is 0.255 e. The molecule has 25 heavy (non-hydrogen) atoms. The summed E-state index contributed by atoms with van der Waals surface area (Å²) >= 11 is 0. The van der Waals surface area contributed by atoms with E-state index in [9.17, 15) is 14.4 Å². The molecule has 0 bridgehead atoms. The predicted octanol–water partition coefficient (Wildman–Crippen LogP) is 2.75. The number of imide groups is 1. The van der Waals surface area contributed by atoms with Crippen LogP contribution in [0.4, 0.5) is 0 Å². The largest absolute Gasteiger partial charge is 0.322 e. The zero-order valence-corrected chi connectivity index (χ0v) is 15.8. The normalized spacial score (nSPS) is 22.2. The molecule has 0 radical (unpaired) electrons. The Kier molecular flexibility index (Phi) is 10.6. The van der Waals surface area contributed by atoms with Gasteiger partial charge in [0.05, 0.1) is 0 Å². The lowest BCUT2D eigenvalue weighted by atomic mass is 10.0. The second-order valence-corrected chi connectivity index (χ2v) is 5.03. The molecule has 5 nitrogen and oxygen atoms in total. The van der Waals surface area contributed by atoms with Crippen LogP contribution in [0.3, 0.4) is 0 Å². The highest BCUT2D eigenvalue weighted by atomic mass is 16.2. The van der Waals surface area contributed by atoms with Gasteiger partial charge in [0, 0.05) is 18.5 Å². The van der Waals surface area contributed by atoms with Crippen LogP contribution in [0, 0.1) is 11.8 Å². The first-order valence-corrected chi connectivity index (χ1v) is 8.46. The van der Waals surface area contributed by atoms with Gasteiger partial charge >= 0.3 is 0 Å². The molecule has 1 N–H and O–H groups in total. The number of hydrogen-bond donors (Lipinski definition) is 1. The van der Waals surface area contributed by atoms with Gasteiger partial charge < -0.3 is 4.90 Å². The quantitative estimate of drug-likeness (QED) is 0.476. The molecule has 2 saturated heterocycles. The molecule has 5 heteroatoms. The van der Waals surface area contributed by atoms with Crippen LogP contribution in [0.5, 0.6) is 0 Å². The summed E-state index contributed by atoms with van der Waals surface area (Å²) in [6.07, 6.45) is 5.73. The molecule has 0 aromatic heterocycles. The molecule has 136 valence electrons. The van der Waals surface area contributed by atoms with Gasteiger partial charge in [0.1, 0.15) is 6.04 Å². The van der Waals surface area contributed by atoms with Crippen molar-refractivity contribution in [2.45, 2.75) is 53.5 Å². The highest BCUT2D eigenvalue weighted by Gasteiger charge is 2.40. The van der Waals surface area contributed by atoms with Crippen LogP contribution in [0.25, 0.3) is 0 Å². The summed E-state index contributed by atoms with van der Waals surface area (Å²) < 4.78 is 0. The number of amides is 3. The Morgan fingerprint density at radius 2 is 1.80 bits per heavy atom. The van der Waals surface area contributed by atoms with Crippen molar-refractivity contribution < 1.29 is 14.4 Å². The third-order valence-electron chi connectivity index (χ3n) is 3.65. The fourth-order valence-electron chi connectivity index (χ4n) is 2.41. The van der Waals surface area contributed by atoms with Gasteiger partial charge in [0.2, 0.25) is 11.8 Å². The summed E-state index contributed by atoms with van der Waals surface area (Å²) in [6, 6.07) is -0.559. The summed E-state index contributed by atoms with van der Waals surface area (Å²) in [5.74, 6) is 4.52. The van der Waals surface area contributed by atoms with E-state index >= 15 is 0 Å². The number of carbonyl (C=O) groups excluding carboxylic acids is 3. The Morgan fingerprint density at radius 3 is 2.24 bits per heavy atom. The van der Waals surface area contributed by atoms with Crippen molar-refractivity contribution in [3.8, 4) is 11.8 Å². The van der Waals surface area contributed by atoms with Crippen molar-refractivity contribution in [2.75, 3.05) is 6.54 Å². The molecule has 1 unspecified atom stereocenters. The van der Waals surface area contributed by atoms with Crippen LogP contribution < -0.4 is 5.32 Å². The van der Waals surface area contributed by atoms with Gasteiger partial charge in [-0.25, -0.2) is 0 Å². The molecule has 3 amide bonds. The fourth-order valence-corrected chi connectivity index (χ4v) is 2.41. The van der Waals surface area contributed by atoms with Crippen LogP contribution in [0.15, 0.2) is 36.0 Å². The van der Waals surface area contributed by atoms with E-state index in [1.807, 2.05) is 40.7 Å². The molecule has 2 fully saturated rings. The Bertz CT molecular complexity index is 627. The van der Waals surface area contributed by atoms with Gasteiger partial charge in [-0.3, -0.25) is 19.7 Å². The maximum atomic E-state index is 12.3. The number of carbonyl (C=O) groups is 3. The number of piperidine rings is 1. The lowest BCUT2D eigenvalue weighted by molar-refractivity contribution is -0.142.